The molecule has 0 atom stereocenters. The van der Waals surface area contributed by atoms with Crippen LogP contribution in [0, 0.1) is 0 Å². The summed E-state index contributed by atoms with van der Waals surface area (Å²) >= 11 is 1.86. The molecule has 0 aliphatic heterocycles. The van der Waals surface area contributed by atoms with Gasteiger partial charge in [0, 0.05) is 37.4 Å². The van der Waals surface area contributed by atoms with Crippen molar-refractivity contribution in [2.24, 2.45) is 0 Å². The summed E-state index contributed by atoms with van der Waals surface area (Å²) in [7, 11) is 0. The van der Waals surface area contributed by atoms with Crippen LogP contribution in [-0.4, -0.2) is 9.55 Å². The van der Waals surface area contributed by atoms with Crippen molar-refractivity contribution >= 4 is 64.2 Å². The molecular weight excluding hydrogens is 456 g/mol. The Morgan fingerprint density at radius 2 is 1.44 bits per heavy atom. The molecule has 0 aliphatic carbocycles. The molecule has 0 N–H and O–H groups in total. The number of fused-ring (bicyclic) bond motifs is 8. The molecule has 0 saturated heterocycles. The highest BCUT2D eigenvalue weighted by atomic mass is 32.1. The number of nitrogens with zero attached hydrogens (tertiary/aromatic N) is 2. The van der Waals surface area contributed by atoms with Crippen LogP contribution < -0.4 is 0 Å². The number of pyridine rings is 1. The van der Waals surface area contributed by atoms with Crippen LogP contribution in [0.3, 0.4) is 0 Å². The Bertz CT molecular complexity index is 2110. The zero-order valence-electron chi connectivity index (χ0n) is 19.3. The molecule has 0 amide bonds. The zero-order valence-corrected chi connectivity index (χ0v) is 20.2. The maximum absolute atomic E-state index is 4.82. The summed E-state index contributed by atoms with van der Waals surface area (Å²) in [6.45, 7) is 0. The van der Waals surface area contributed by atoms with Crippen LogP contribution in [0.4, 0.5) is 0 Å². The lowest BCUT2D eigenvalue weighted by Crippen LogP contribution is -1.95. The van der Waals surface area contributed by atoms with Crippen molar-refractivity contribution in [2.45, 2.75) is 0 Å². The SMILES string of the molecule is c1cc(-c2ccc3ccccc3c2)cc(-n2c3cccnc3c3ccc4sc5ccccc5c4c32)c1. The van der Waals surface area contributed by atoms with Gasteiger partial charge in [-0.1, -0.05) is 66.7 Å². The van der Waals surface area contributed by atoms with Gasteiger partial charge in [0.1, 0.15) is 0 Å². The van der Waals surface area contributed by atoms with Gasteiger partial charge in [-0.05, 0) is 70.4 Å². The highest BCUT2D eigenvalue weighted by Gasteiger charge is 2.18. The van der Waals surface area contributed by atoms with Gasteiger partial charge >= 0.3 is 0 Å². The first-order valence-electron chi connectivity index (χ1n) is 12.1. The van der Waals surface area contributed by atoms with E-state index in [1.165, 1.54) is 53.0 Å². The molecular formula is C33H20N2S. The van der Waals surface area contributed by atoms with Crippen LogP contribution in [0.2, 0.25) is 0 Å². The van der Waals surface area contributed by atoms with Crippen molar-refractivity contribution in [1.82, 2.24) is 9.55 Å². The van der Waals surface area contributed by atoms with Crippen molar-refractivity contribution in [3.63, 3.8) is 0 Å². The lowest BCUT2D eigenvalue weighted by molar-refractivity contribution is 1.18. The molecule has 36 heavy (non-hydrogen) atoms. The average molecular weight is 477 g/mol. The number of aromatic nitrogens is 2. The van der Waals surface area contributed by atoms with E-state index in [1.54, 1.807) is 0 Å². The second-order valence-electron chi connectivity index (χ2n) is 9.25. The van der Waals surface area contributed by atoms with Crippen LogP contribution in [0.1, 0.15) is 0 Å². The molecule has 5 aromatic carbocycles. The van der Waals surface area contributed by atoms with Crippen LogP contribution >= 0.6 is 11.3 Å². The number of thiophene rings is 1. The fraction of sp³-hybridized carbons (Fsp3) is 0. The van der Waals surface area contributed by atoms with Gasteiger partial charge in [0.25, 0.3) is 0 Å². The van der Waals surface area contributed by atoms with Gasteiger partial charge in [-0.25, -0.2) is 0 Å². The van der Waals surface area contributed by atoms with Gasteiger partial charge in [0.15, 0.2) is 0 Å². The van der Waals surface area contributed by atoms with E-state index in [2.05, 4.69) is 114 Å². The molecule has 0 radical (unpaired) electrons. The van der Waals surface area contributed by atoms with Crippen molar-refractivity contribution in [2.75, 3.05) is 0 Å². The van der Waals surface area contributed by atoms with Crippen molar-refractivity contribution < 1.29 is 0 Å². The molecule has 2 nitrogen and oxygen atoms in total. The highest BCUT2D eigenvalue weighted by molar-refractivity contribution is 7.26. The van der Waals surface area contributed by atoms with E-state index >= 15 is 0 Å². The topological polar surface area (TPSA) is 17.8 Å². The molecule has 0 aliphatic rings. The third kappa shape index (κ3) is 2.81. The van der Waals surface area contributed by atoms with Crippen molar-refractivity contribution in [1.29, 1.82) is 0 Å². The monoisotopic (exact) mass is 476 g/mol. The van der Waals surface area contributed by atoms with Crippen LogP contribution in [-0.2, 0) is 0 Å². The van der Waals surface area contributed by atoms with E-state index in [4.69, 9.17) is 4.98 Å². The maximum Gasteiger partial charge on any atom is 0.0963 e. The van der Waals surface area contributed by atoms with Gasteiger partial charge in [0.05, 0.1) is 16.6 Å². The smallest absolute Gasteiger partial charge is 0.0963 e. The minimum absolute atomic E-state index is 1.04. The number of rotatable bonds is 2. The first-order valence-corrected chi connectivity index (χ1v) is 13.0. The summed E-state index contributed by atoms with van der Waals surface area (Å²) in [4.78, 5) is 4.82. The van der Waals surface area contributed by atoms with Gasteiger partial charge < -0.3 is 4.57 Å². The summed E-state index contributed by atoms with van der Waals surface area (Å²) in [6.07, 6.45) is 1.90. The molecule has 168 valence electrons. The minimum atomic E-state index is 1.04. The van der Waals surface area contributed by atoms with Crippen molar-refractivity contribution in [3.05, 3.63) is 121 Å². The first kappa shape index (κ1) is 19.8. The summed E-state index contributed by atoms with van der Waals surface area (Å²) in [5, 5.41) is 6.32. The first-order chi connectivity index (χ1) is 17.8. The highest BCUT2D eigenvalue weighted by Crippen LogP contribution is 2.42. The molecule has 0 spiro atoms. The number of benzene rings is 5. The predicted octanol–water partition coefficient (Wildman–Crippen LogP) is 9.37. The fourth-order valence-corrected chi connectivity index (χ4v) is 6.70. The van der Waals surface area contributed by atoms with Crippen LogP contribution in [0.25, 0.3) is 69.7 Å². The molecule has 3 heterocycles. The number of hydrogen-bond acceptors (Lipinski definition) is 2. The summed E-state index contributed by atoms with van der Waals surface area (Å²) in [5.74, 6) is 0. The van der Waals surface area contributed by atoms with Crippen LogP contribution in [0.5, 0.6) is 0 Å². The van der Waals surface area contributed by atoms with Crippen molar-refractivity contribution in [3.8, 4) is 16.8 Å². The Kier molecular flexibility index (Phi) is 4.13. The number of hydrogen-bond donors (Lipinski definition) is 0. The normalized spacial score (nSPS) is 11.9. The minimum Gasteiger partial charge on any atom is -0.307 e. The largest absolute Gasteiger partial charge is 0.307 e. The lowest BCUT2D eigenvalue weighted by Gasteiger charge is -2.11. The summed E-state index contributed by atoms with van der Waals surface area (Å²) < 4.78 is 5.03. The van der Waals surface area contributed by atoms with E-state index in [-0.39, 0.29) is 0 Å². The third-order valence-corrected chi connectivity index (χ3v) is 8.35. The molecule has 0 unspecified atom stereocenters. The summed E-state index contributed by atoms with van der Waals surface area (Å²) in [6, 6.07) is 41.6. The van der Waals surface area contributed by atoms with E-state index in [9.17, 15) is 0 Å². The molecule has 3 heteroatoms. The average Bonchev–Trinajstić information content (AvgIpc) is 3.48. The van der Waals surface area contributed by atoms with Gasteiger partial charge in [-0.3, -0.25) is 4.98 Å². The zero-order chi connectivity index (χ0) is 23.6. The maximum atomic E-state index is 4.82. The Hall–Kier alpha value is -4.47. The fourth-order valence-electron chi connectivity index (χ4n) is 5.59. The Morgan fingerprint density at radius 3 is 2.42 bits per heavy atom. The summed E-state index contributed by atoms with van der Waals surface area (Å²) in [5.41, 5.74) is 6.98. The van der Waals surface area contributed by atoms with Gasteiger partial charge in [-0.2, -0.15) is 0 Å². The standard InChI is InChI=1S/C33H20N2S/c1-2-8-22-19-24(15-14-21(22)7-1)23-9-5-10-25(20-23)35-28-12-6-18-34-32(28)27-16-17-30-31(33(27)35)26-11-3-4-13-29(26)36-30/h1-20H. The molecule has 0 saturated carbocycles. The quantitative estimate of drug-likeness (QED) is 0.243. The Balaban J connectivity index is 1.46. The van der Waals surface area contributed by atoms with E-state index < -0.39 is 0 Å². The van der Waals surface area contributed by atoms with E-state index in [0.29, 0.717) is 0 Å². The second-order valence-corrected chi connectivity index (χ2v) is 10.3. The van der Waals surface area contributed by atoms with Gasteiger partial charge in [0.2, 0.25) is 0 Å². The van der Waals surface area contributed by atoms with Gasteiger partial charge in [-0.15, -0.1) is 11.3 Å². The molecule has 3 aromatic heterocycles. The predicted molar refractivity (Wildman–Crippen MR) is 154 cm³/mol. The Morgan fingerprint density at radius 1 is 0.583 bits per heavy atom. The molecule has 0 bridgehead atoms. The second kappa shape index (κ2) is 7.51. The molecule has 8 aromatic rings. The Labute approximate surface area is 211 Å². The lowest BCUT2D eigenvalue weighted by atomic mass is 10.0. The van der Waals surface area contributed by atoms with Crippen LogP contribution in [0.15, 0.2) is 121 Å². The molecule has 0 fully saturated rings. The third-order valence-electron chi connectivity index (χ3n) is 7.21. The van der Waals surface area contributed by atoms with E-state index in [0.717, 1.165) is 16.7 Å². The van der Waals surface area contributed by atoms with E-state index in [1.807, 2.05) is 23.6 Å². The molecule has 8 rings (SSSR count).